The number of carboxylic acid groups (broad SMARTS) is 1. The zero-order valence-electron chi connectivity index (χ0n) is 15.8. The van der Waals surface area contributed by atoms with Crippen molar-refractivity contribution >= 4 is 5.97 Å². The normalized spacial score (nSPS) is 15.2. The molecule has 0 fully saturated rings. The van der Waals surface area contributed by atoms with E-state index in [2.05, 4.69) is 12.2 Å². The zero-order chi connectivity index (χ0) is 19.5. The minimum absolute atomic E-state index is 0.263. The summed E-state index contributed by atoms with van der Waals surface area (Å²) in [6.07, 6.45) is 23.7. The molecule has 146 valence electrons. The first-order chi connectivity index (χ1) is 12.6. The Kier molecular flexibility index (Phi) is 16.6. The molecule has 0 aromatic heterocycles. The van der Waals surface area contributed by atoms with Gasteiger partial charge in [0.25, 0.3) is 0 Å². The lowest BCUT2D eigenvalue weighted by atomic mass is 10.1. The average Bonchev–Trinajstić information content (AvgIpc) is 2.61. The van der Waals surface area contributed by atoms with E-state index in [1.165, 1.54) is 0 Å². The quantitative estimate of drug-likeness (QED) is 0.224. The number of hydrogen-bond donors (Lipinski definition) is 3. The number of carboxylic acids is 1. The highest BCUT2D eigenvalue weighted by molar-refractivity contribution is 5.66. The summed E-state index contributed by atoms with van der Waals surface area (Å²) in [5.41, 5.74) is 0. The van der Waals surface area contributed by atoms with Gasteiger partial charge in [0.1, 0.15) is 0 Å². The summed E-state index contributed by atoms with van der Waals surface area (Å²) in [6.45, 7) is 2.03. The molecular weight excluding hydrogens is 328 g/mol. The van der Waals surface area contributed by atoms with Crippen molar-refractivity contribution in [3.63, 3.8) is 0 Å². The predicted octanol–water partition coefficient (Wildman–Crippen LogP) is 4.71. The predicted molar refractivity (Wildman–Crippen MR) is 108 cm³/mol. The Morgan fingerprint density at radius 1 is 0.885 bits per heavy atom. The second kappa shape index (κ2) is 17.9. The Morgan fingerprint density at radius 3 is 2.38 bits per heavy atom. The lowest BCUT2D eigenvalue weighted by Gasteiger charge is -2.11. The van der Waals surface area contributed by atoms with Crippen LogP contribution in [0.25, 0.3) is 0 Å². The number of rotatable bonds is 15. The maximum Gasteiger partial charge on any atom is 0.303 e. The maximum absolute atomic E-state index is 10.4. The smallest absolute Gasteiger partial charge is 0.303 e. The van der Waals surface area contributed by atoms with E-state index in [0.29, 0.717) is 6.42 Å². The zero-order valence-corrected chi connectivity index (χ0v) is 15.8. The number of aliphatic hydroxyl groups excluding tert-OH is 2. The highest BCUT2D eigenvalue weighted by Gasteiger charge is 2.10. The molecule has 4 heteroatoms. The second-order valence-electron chi connectivity index (χ2n) is 6.07. The molecule has 0 aliphatic rings. The van der Waals surface area contributed by atoms with Crippen LogP contribution in [0.15, 0.2) is 60.8 Å². The molecule has 0 aromatic rings. The van der Waals surface area contributed by atoms with Gasteiger partial charge in [0.15, 0.2) is 0 Å². The second-order valence-corrected chi connectivity index (χ2v) is 6.07. The first-order valence-corrected chi connectivity index (χ1v) is 9.45. The van der Waals surface area contributed by atoms with Crippen LogP contribution in [0.4, 0.5) is 0 Å². The Hall–Kier alpha value is -1.91. The van der Waals surface area contributed by atoms with E-state index in [1.54, 1.807) is 12.2 Å². The molecule has 0 amide bonds. The fraction of sp³-hybridized carbons (Fsp3) is 0.500. The summed E-state index contributed by atoms with van der Waals surface area (Å²) in [4.78, 5) is 10.4. The van der Waals surface area contributed by atoms with E-state index in [1.807, 2.05) is 43.4 Å². The van der Waals surface area contributed by atoms with Crippen LogP contribution in [0, 0.1) is 0 Å². The van der Waals surface area contributed by atoms with E-state index in [-0.39, 0.29) is 6.42 Å². The van der Waals surface area contributed by atoms with Crippen LogP contribution in [0.5, 0.6) is 0 Å². The number of allylic oxidation sites excluding steroid dienone is 8. The highest BCUT2D eigenvalue weighted by atomic mass is 16.4. The number of hydrogen-bond acceptors (Lipinski definition) is 3. The molecule has 0 saturated heterocycles. The van der Waals surface area contributed by atoms with Crippen LogP contribution in [-0.4, -0.2) is 33.5 Å². The Bertz CT molecular complexity index is 486. The van der Waals surface area contributed by atoms with E-state index in [0.717, 1.165) is 38.5 Å². The topological polar surface area (TPSA) is 77.8 Å². The van der Waals surface area contributed by atoms with Gasteiger partial charge in [-0.1, -0.05) is 74.1 Å². The van der Waals surface area contributed by atoms with Crippen molar-refractivity contribution < 1.29 is 20.1 Å². The third kappa shape index (κ3) is 16.9. The lowest BCUT2D eigenvalue weighted by Crippen LogP contribution is -2.22. The van der Waals surface area contributed by atoms with Crippen molar-refractivity contribution in [3.8, 4) is 0 Å². The van der Waals surface area contributed by atoms with Crippen LogP contribution in [-0.2, 0) is 4.79 Å². The minimum Gasteiger partial charge on any atom is -0.481 e. The molecule has 3 N–H and O–H groups in total. The summed E-state index contributed by atoms with van der Waals surface area (Å²) in [5.74, 6) is -0.719. The van der Waals surface area contributed by atoms with Gasteiger partial charge in [-0.2, -0.15) is 0 Å². The minimum atomic E-state index is -0.858. The van der Waals surface area contributed by atoms with Gasteiger partial charge in [-0.05, 0) is 38.5 Å². The van der Waals surface area contributed by atoms with Crippen LogP contribution in [0.2, 0.25) is 0 Å². The van der Waals surface area contributed by atoms with Gasteiger partial charge in [-0.25, -0.2) is 0 Å². The van der Waals surface area contributed by atoms with Gasteiger partial charge in [0, 0.05) is 6.42 Å². The van der Waals surface area contributed by atoms with Gasteiger partial charge in [0.2, 0.25) is 0 Å². The molecule has 0 radical (unpaired) electrons. The van der Waals surface area contributed by atoms with Crippen molar-refractivity contribution in [2.24, 2.45) is 0 Å². The maximum atomic E-state index is 10.4. The molecule has 4 nitrogen and oxygen atoms in total. The first-order valence-electron chi connectivity index (χ1n) is 9.45. The summed E-state index contributed by atoms with van der Waals surface area (Å²) in [6, 6.07) is 0. The molecule has 0 bridgehead atoms. The van der Waals surface area contributed by atoms with Gasteiger partial charge in [-0.15, -0.1) is 0 Å². The van der Waals surface area contributed by atoms with Crippen LogP contribution >= 0.6 is 0 Å². The van der Waals surface area contributed by atoms with Gasteiger partial charge in [0.05, 0.1) is 12.2 Å². The summed E-state index contributed by atoms with van der Waals surface area (Å²) < 4.78 is 0. The third-order valence-electron chi connectivity index (χ3n) is 3.65. The molecule has 0 heterocycles. The van der Waals surface area contributed by atoms with Gasteiger partial charge < -0.3 is 15.3 Å². The SMILES string of the molecule is CC/C=C\CC(O)C(O)/C=C/C=C\C=C/C/C=C\CCCCCC(=O)O. The average molecular weight is 363 g/mol. The molecule has 0 spiro atoms. The van der Waals surface area contributed by atoms with Crippen molar-refractivity contribution in [2.75, 3.05) is 0 Å². The molecule has 0 aliphatic carbocycles. The van der Waals surface area contributed by atoms with E-state index >= 15 is 0 Å². The number of aliphatic carboxylic acids is 1. The van der Waals surface area contributed by atoms with Crippen molar-refractivity contribution in [3.05, 3.63) is 60.8 Å². The summed E-state index contributed by atoms with van der Waals surface area (Å²) in [5, 5.41) is 28.0. The first kappa shape index (κ1) is 24.1. The van der Waals surface area contributed by atoms with Crippen molar-refractivity contribution in [1.29, 1.82) is 0 Å². The van der Waals surface area contributed by atoms with Gasteiger partial charge >= 0.3 is 5.97 Å². The van der Waals surface area contributed by atoms with Crippen LogP contribution in [0.3, 0.4) is 0 Å². The van der Waals surface area contributed by atoms with E-state index in [4.69, 9.17) is 5.11 Å². The number of aliphatic hydroxyl groups is 2. The molecular formula is C22H34O4. The van der Waals surface area contributed by atoms with E-state index in [9.17, 15) is 15.0 Å². The fourth-order valence-electron chi connectivity index (χ4n) is 2.14. The van der Waals surface area contributed by atoms with Crippen LogP contribution < -0.4 is 0 Å². The molecule has 0 saturated carbocycles. The summed E-state index contributed by atoms with van der Waals surface area (Å²) >= 11 is 0. The molecule has 26 heavy (non-hydrogen) atoms. The Balaban J connectivity index is 3.75. The number of carbonyl (C=O) groups is 1. The highest BCUT2D eigenvalue weighted by Crippen LogP contribution is 2.04. The van der Waals surface area contributed by atoms with Crippen LogP contribution in [0.1, 0.15) is 58.3 Å². The Labute approximate surface area is 157 Å². The molecule has 2 unspecified atom stereocenters. The fourth-order valence-corrected chi connectivity index (χ4v) is 2.14. The monoisotopic (exact) mass is 362 g/mol. The van der Waals surface area contributed by atoms with Crippen molar-refractivity contribution in [2.45, 2.75) is 70.5 Å². The molecule has 0 aliphatic heterocycles. The van der Waals surface area contributed by atoms with Gasteiger partial charge in [-0.3, -0.25) is 4.79 Å². The molecule has 0 aromatic carbocycles. The van der Waals surface area contributed by atoms with Crippen molar-refractivity contribution in [1.82, 2.24) is 0 Å². The van der Waals surface area contributed by atoms with E-state index < -0.39 is 18.2 Å². The Morgan fingerprint density at radius 2 is 1.65 bits per heavy atom. The third-order valence-corrected chi connectivity index (χ3v) is 3.65. The number of unbranched alkanes of at least 4 members (excludes halogenated alkanes) is 3. The largest absolute Gasteiger partial charge is 0.481 e. The molecule has 0 rings (SSSR count). The standard InChI is InChI=1S/C22H34O4/c1-2-3-14-17-20(23)21(24)18-15-12-10-8-6-4-5-7-9-11-13-16-19-22(25)26/h3,5-8,10,12,14-15,18,20-21,23-24H,2,4,9,11,13,16-17,19H2,1H3,(H,25,26)/b7-5-,8-6-,12-10-,14-3-,18-15+. The summed E-state index contributed by atoms with van der Waals surface area (Å²) in [7, 11) is 0. The molecule has 2 atom stereocenters. The lowest BCUT2D eigenvalue weighted by molar-refractivity contribution is -0.137.